The Labute approximate surface area is 123 Å². The van der Waals surface area contributed by atoms with Gasteiger partial charge in [0.25, 0.3) is 0 Å². The zero-order valence-corrected chi connectivity index (χ0v) is 14.3. The molecule has 0 saturated heterocycles. The van der Waals surface area contributed by atoms with Crippen LogP contribution in [0.3, 0.4) is 0 Å². The summed E-state index contributed by atoms with van der Waals surface area (Å²) in [6.07, 6.45) is -0.606. The third kappa shape index (κ3) is 8.10. The van der Waals surface area contributed by atoms with Crippen molar-refractivity contribution in [3.63, 3.8) is 0 Å². The second-order valence-corrected chi connectivity index (χ2v) is 6.16. The summed E-state index contributed by atoms with van der Waals surface area (Å²) in [5, 5.41) is 0. The lowest BCUT2D eigenvalue weighted by Gasteiger charge is -2.30. The lowest BCUT2D eigenvalue weighted by atomic mass is 10.4. The van der Waals surface area contributed by atoms with E-state index in [9.17, 15) is 0 Å². The first-order chi connectivity index (χ1) is 9.53. The third-order valence-electron chi connectivity index (χ3n) is 2.10. The minimum atomic E-state index is -3.18. The topological polar surface area (TPSA) is 55.4 Å². The van der Waals surface area contributed by atoms with E-state index in [0.717, 1.165) is 5.57 Å². The summed E-state index contributed by atoms with van der Waals surface area (Å²) >= 11 is 0. The second kappa shape index (κ2) is 11.4. The van der Waals surface area contributed by atoms with E-state index in [1.165, 1.54) is 7.11 Å². The smallest absolute Gasteiger partial charge is 0.372 e. The zero-order chi connectivity index (χ0) is 15.4. The highest BCUT2D eigenvalue weighted by molar-refractivity contribution is 6.53. The molecular weight excluding hydrogens is 280 g/mol. The molecule has 0 aliphatic rings. The molecule has 0 N–H and O–H groups in total. The molecule has 0 fully saturated rings. The minimum absolute atomic E-state index is 0.255. The van der Waals surface area contributed by atoms with Crippen molar-refractivity contribution in [1.29, 1.82) is 0 Å². The van der Waals surface area contributed by atoms with E-state index < -0.39 is 15.3 Å². The molecule has 7 heteroatoms. The zero-order valence-electron chi connectivity index (χ0n) is 13.3. The quantitative estimate of drug-likeness (QED) is 0.295. The Hall–Kier alpha value is -0.283. The molecule has 0 aromatic rings. The lowest BCUT2D eigenvalue weighted by Crippen LogP contribution is -2.52. The van der Waals surface area contributed by atoms with Crippen LogP contribution >= 0.6 is 0 Å². The van der Waals surface area contributed by atoms with Gasteiger partial charge < -0.3 is 27.2 Å². The number of rotatable bonds is 13. The van der Waals surface area contributed by atoms with E-state index in [1.807, 2.05) is 27.7 Å². The van der Waals surface area contributed by atoms with Crippen LogP contribution < -0.4 is 0 Å². The summed E-state index contributed by atoms with van der Waals surface area (Å²) < 4.78 is 33.2. The van der Waals surface area contributed by atoms with Gasteiger partial charge in [0.2, 0.25) is 0 Å². The fraction of sp³-hybridized carbons (Fsp3) is 0.846. The van der Waals surface area contributed by atoms with Crippen LogP contribution in [0.15, 0.2) is 12.2 Å². The van der Waals surface area contributed by atoms with Gasteiger partial charge in [0.05, 0.1) is 13.2 Å². The van der Waals surface area contributed by atoms with Gasteiger partial charge in [-0.05, 0) is 27.7 Å². The average Bonchev–Trinajstić information content (AvgIpc) is 2.38. The van der Waals surface area contributed by atoms with Crippen molar-refractivity contribution in [3.8, 4) is 0 Å². The van der Waals surface area contributed by atoms with Crippen LogP contribution in [-0.2, 0) is 27.2 Å². The van der Waals surface area contributed by atoms with Gasteiger partial charge in [0.1, 0.15) is 0 Å². The molecule has 6 nitrogen and oxygen atoms in total. The van der Waals surface area contributed by atoms with E-state index in [4.69, 9.17) is 27.2 Å². The predicted octanol–water partition coefficient (Wildman–Crippen LogP) is 2.11. The number of hydrogen-bond acceptors (Lipinski definition) is 6. The Bertz CT molecular complexity index is 244. The van der Waals surface area contributed by atoms with Crippen LogP contribution in [0.5, 0.6) is 0 Å². The molecule has 0 aliphatic heterocycles. The van der Waals surface area contributed by atoms with Crippen LogP contribution in [-0.4, -0.2) is 55.5 Å². The maximum atomic E-state index is 5.79. The van der Waals surface area contributed by atoms with E-state index >= 15 is 0 Å². The number of methoxy groups -OCH3 is 1. The summed E-state index contributed by atoms with van der Waals surface area (Å²) in [5.74, 6) is 0. The highest BCUT2D eigenvalue weighted by Crippen LogP contribution is 2.15. The molecule has 1 unspecified atom stereocenters. The van der Waals surface area contributed by atoms with Crippen molar-refractivity contribution in [1.82, 2.24) is 0 Å². The Morgan fingerprint density at radius 2 is 1.55 bits per heavy atom. The van der Waals surface area contributed by atoms with Gasteiger partial charge in [-0.2, -0.15) is 0 Å². The molecule has 0 radical (unpaired) electrons. The first-order valence-electron chi connectivity index (χ1n) is 6.88. The summed E-state index contributed by atoms with van der Waals surface area (Å²) in [4.78, 5) is 0. The molecule has 0 aromatic heterocycles. The highest BCUT2D eigenvalue weighted by atomic mass is 28.4. The molecule has 1 atom stereocenters. The third-order valence-corrected chi connectivity index (χ3v) is 4.58. The molecule has 0 spiro atoms. The maximum absolute atomic E-state index is 5.79. The van der Waals surface area contributed by atoms with E-state index in [0.29, 0.717) is 26.4 Å². The Morgan fingerprint density at radius 1 is 1.05 bits per heavy atom. The molecular formula is C13H28O6Si. The van der Waals surface area contributed by atoms with Gasteiger partial charge in [-0.15, -0.1) is 0 Å². The van der Waals surface area contributed by atoms with Gasteiger partial charge in [-0.3, -0.25) is 0 Å². The SMILES string of the molecule is C=C(C)COCC(OC)O[Si](OCC)(OCC)OCC. The summed E-state index contributed by atoms with van der Waals surface area (Å²) in [6, 6.07) is 0. The Kier molecular flexibility index (Phi) is 11.2. The van der Waals surface area contributed by atoms with Crippen LogP contribution in [0, 0.1) is 0 Å². The summed E-state index contributed by atoms with van der Waals surface area (Å²) in [7, 11) is -1.64. The molecule has 120 valence electrons. The Morgan fingerprint density at radius 3 is 1.90 bits per heavy atom. The van der Waals surface area contributed by atoms with Gasteiger partial charge in [-0.1, -0.05) is 12.2 Å². The van der Waals surface area contributed by atoms with Crippen molar-refractivity contribution in [2.75, 3.05) is 40.1 Å². The van der Waals surface area contributed by atoms with Crippen molar-refractivity contribution < 1.29 is 27.2 Å². The summed E-state index contributed by atoms with van der Waals surface area (Å²) in [6.45, 7) is 13.3. The summed E-state index contributed by atoms with van der Waals surface area (Å²) in [5.41, 5.74) is 0.933. The van der Waals surface area contributed by atoms with Crippen molar-refractivity contribution in [2.45, 2.75) is 34.0 Å². The molecule has 20 heavy (non-hydrogen) atoms. The maximum Gasteiger partial charge on any atom is 0.681 e. The fourth-order valence-corrected chi connectivity index (χ4v) is 3.40. The first-order valence-corrected chi connectivity index (χ1v) is 8.51. The average molecular weight is 308 g/mol. The normalized spacial score (nSPS) is 13.4. The molecule has 0 saturated carbocycles. The molecule has 0 bridgehead atoms. The molecule has 0 amide bonds. The fourth-order valence-electron chi connectivity index (χ4n) is 1.40. The number of ether oxygens (including phenoxy) is 2. The van der Waals surface area contributed by atoms with Crippen molar-refractivity contribution in [3.05, 3.63) is 12.2 Å². The molecule has 0 aromatic carbocycles. The van der Waals surface area contributed by atoms with Crippen molar-refractivity contribution in [2.24, 2.45) is 0 Å². The standard InChI is InChI=1S/C13H28O6Si/c1-7-16-20(17-8-2,18-9-3)19-13(14-6)11-15-10-12(4)5/h13H,4,7-11H2,1-3,5-6H3. The van der Waals surface area contributed by atoms with E-state index in [1.54, 1.807) is 0 Å². The molecule has 0 aliphatic carbocycles. The number of hydrogen-bond donors (Lipinski definition) is 0. The second-order valence-electron chi connectivity index (χ2n) is 4.05. The minimum Gasteiger partial charge on any atom is -0.372 e. The van der Waals surface area contributed by atoms with Crippen LogP contribution in [0.1, 0.15) is 27.7 Å². The first kappa shape index (κ1) is 19.7. The molecule has 0 rings (SSSR count). The van der Waals surface area contributed by atoms with Crippen LogP contribution in [0.25, 0.3) is 0 Å². The lowest BCUT2D eigenvalue weighted by molar-refractivity contribution is -0.158. The van der Waals surface area contributed by atoms with Crippen molar-refractivity contribution >= 4 is 9.05 Å². The van der Waals surface area contributed by atoms with Crippen LogP contribution in [0.2, 0.25) is 0 Å². The van der Waals surface area contributed by atoms with E-state index in [-0.39, 0.29) is 6.61 Å². The van der Waals surface area contributed by atoms with Crippen LogP contribution in [0.4, 0.5) is 0 Å². The Balaban J connectivity index is 4.58. The highest BCUT2D eigenvalue weighted by Gasteiger charge is 2.47. The van der Waals surface area contributed by atoms with Gasteiger partial charge >= 0.3 is 9.05 Å². The van der Waals surface area contributed by atoms with Gasteiger partial charge in [0, 0.05) is 26.9 Å². The largest absolute Gasteiger partial charge is 0.681 e. The van der Waals surface area contributed by atoms with Gasteiger partial charge in [0.15, 0.2) is 6.29 Å². The molecule has 0 heterocycles. The van der Waals surface area contributed by atoms with E-state index in [2.05, 4.69) is 6.58 Å². The monoisotopic (exact) mass is 308 g/mol. The predicted molar refractivity (Wildman–Crippen MR) is 78.1 cm³/mol. The van der Waals surface area contributed by atoms with Gasteiger partial charge in [-0.25, -0.2) is 0 Å².